The minimum Gasteiger partial charge on any atom is -0.388 e. The van der Waals surface area contributed by atoms with Crippen molar-refractivity contribution in [2.24, 2.45) is 0 Å². The average Bonchev–Trinajstić information content (AvgIpc) is 2.77. The number of aromatic nitrogens is 2. The Bertz CT molecular complexity index is 345. The van der Waals surface area contributed by atoms with E-state index in [9.17, 15) is 5.11 Å². The molecule has 1 aromatic heterocycles. The first-order valence-corrected chi connectivity index (χ1v) is 6.23. The van der Waals surface area contributed by atoms with Gasteiger partial charge in [-0.15, -0.1) is 0 Å². The number of hydrogen-bond donors (Lipinski definition) is 2. The van der Waals surface area contributed by atoms with Crippen molar-refractivity contribution in [3.8, 4) is 0 Å². The van der Waals surface area contributed by atoms with Gasteiger partial charge in [0.15, 0.2) is 0 Å². The molecule has 2 N–H and O–H groups in total. The zero-order valence-electron chi connectivity index (χ0n) is 10.4. The van der Waals surface area contributed by atoms with Gasteiger partial charge in [-0.05, 0) is 6.92 Å². The zero-order valence-corrected chi connectivity index (χ0v) is 10.4. The summed E-state index contributed by atoms with van der Waals surface area (Å²) >= 11 is 0. The molecule has 0 spiro atoms. The van der Waals surface area contributed by atoms with E-state index >= 15 is 0 Å². The van der Waals surface area contributed by atoms with E-state index in [0.29, 0.717) is 32.6 Å². The van der Waals surface area contributed by atoms with Crippen LogP contribution in [0.3, 0.4) is 0 Å². The van der Waals surface area contributed by atoms with E-state index in [1.165, 1.54) is 0 Å². The summed E-state index contributed by atoms with van der Waals surface area (Å²) in [4.78, 5) is 4.12. The van der Waals surface area contributed by atoms with E-state index in [-0.39, 0.29) is 0 Å². The van der Waals surface area contributed by atoms with Crippen molar-refractivity contribution >= 4 is 0 Å². The third-order valence-electron chi connectivity index (χ3n) is 3.32. The molecule has 1 saturated heterocycles. The minimum absolute atomic E-state index is 0.602. The largest absolute Gasteiger partial charge is 0.388 e. The quantitative estimate of drug-likeness (QED) is 0.787. The summed E-state index contributed by atoms with van der Waals surface area (Å²) in [6.07, 6.45) is 5.13. The Morgan fingerprint density at radius 3 is 3.00 bits per heavy atom. The number of imidazole rings is 1. The summed E-state index contributed by atoms with van der Waals surface area (Å²) in [5.41, 5.74) is 0.554. The van der Waals surface area contributed by atoms with Crippen LogP contribution in [0.25, 0.3) is 0 Å². The van der Waals surface area contributed by atoms with E-state index < -0.39 is 5.60 Å². The monoisotopic (exact) mass is 239 g/mol. The molecule has 0 saturated carbocycles. The zero-order chi connectivity index (χ0) is 12.1. The first-order chi connectivity index (χ1) is 8.23. The first-order valence-electron chi connectivity index (χ1n) is 6.23. The molecule has 2 heterocycles. The smallest absolute Gasteiger partial charge is 0.0948 e. The maximum absolute atomic E-state index is 10.3. The van der Waals surface area contributed by atoms with Crippen LogP contribution < -0.4 is 5.32 Å². The van der Waals surface area contributed by atoms with Crippen molar-refractivity contribution < 1.29 is 9.84 Å². The predicted molar refractivity (Wildman–Crippen MR) is 64.6 cm³/mol. The Morgan fingerprint density at radius 2 is 2.29 bits per heavy atom. The summed E-state index contributed by atoms with van der Waals surface area (Å²) in [5.74, 6) is 0. The van der Waals surface area contributed by atoms with Crippen LogP contribution in [-0.2, 0) is 17.8 Å². The molecule has 0 unspecified atom stereocenters. The van der Waals surface area contributed by atoms with Crippen molar-refractivity contribution in [3.05, 3.63) is 18.2 Å². The fourth-order valence-corrected chi connectivity index (χ4v) is 2.13. The van der Waals surface area contributed by atoms with Gasteiger partial charge in [0.1, 0.15) is 0 Å². The standard InChI is InChI=1S/C12H21N3O2/c1-2-15-10-14-8-11(15)7-13-9-12(16)3-5-17-6-4-12/h8,10,13,16H,2-7,9H2,1H3. The summed E-state index contributed by atoms with van der Waals surface area (Å²) in [6, 6.07) is 0. The van der Waals surface area contributed by atoms with E-state index in [1.807, 2.05) is 12.5 Å². The van der Waals surface area contributed by atoms with E-state index in [2.05, 4.69) is 21.8 Å². The molecule has 2 rings (SSSR count). The number of rotatable bonds is 5. The van der Waals surface area contributed by atoms with Crippen molar-refractivity contribution in [3.63, 3.8) is 0 Å². The van der Waals surface area contributed by atoms with Gasteiger partial charge in [0.05, 0.1) is 17.6 Å². The molecule has 0 amide bonds. The fourth-order valence-electron chi connectivity index (χ4n) is 2.13. The summed E-state index contributed by atoms with van der Waals surface area (Å²) in [7, 11) is 0. The lowest BCUT2D eigenvalue weighted by atomic mass is 9.94. The third kappa shape index (κ3) is 3.28. The van der Waals surface area contributed by atoms with Crippen LogP contribution in [-0.4, -0.2) is 40.0 Å². The average molecular weight is 239 g/mol. The molecule has 1 aromatic rings. The number of hydrogen-bond acceptors (Lipinski definition) is 4. The van der Waals surface area contributed by atoms with Crippen molar-refractivity contribution in [1.82, 2.24) is 14.9 Å². The molecular formula is C12H21N3O2. The van der Waals surface area contributed by atoms with Gasteiger partial charge in [0.25, 0.3) is 0 Å². The Morgan fingerprint density at radius 1 is 1.53 bits per heavy atom. The molecule has 5 heteroatoms. The van der Waals surface area contributed by atoms with Crippen LogP contribution in [0.5, 0.6) is 0 Å². The summed E-state index contributed by atoms with van der Waals surface area (Å²) in [5, 5.41) is 13.6. The summed E-state index contributed by atoms with van der Waals surface area (Å²) in [6.45, 7) is 5.70. The van der Waals surface area contributed by atoms with Crippen LogP contribution >= 0.6 is 0 Å². The van der Waals surface area contributed by atoms with Gasteiger partial charge >= 0.3 is 0 Å². The molecule has 0 aromatic carbocycles. The topological polar surface area (TPSA) is 59.3 Å². The van der Waals surface area contributed by atoms with Crippen LogP contribution in [0, 0.1) is 0 Å². The van der Waals surface area contributed by atoms with Gasteiger partial charge in [-0.1, -0.05) is 0 Å². The van der Waals surface area contributed by atoms with Gasteiger partial charge in [-0.25, -0.2) is 4.98 Å². The highest BCUT2D eigenvalue weighted by Crippen LogP contribution is 2.19. The van der Waals surface area contributed by atoms with Crippen LogP contribution in [0.15, 0.2) is 12.5 Å². The normalized spacial score (nSPS) is 19.4. The SMILES string of the molecule is CCn1cncc1CNCC1(O)CCOCC1. The van der Waals surface area contributed by atoms with Crippen LogP contribution in [0.4, 0.5) is 0 Å². The van der Waals surface area contributed by atoms with E-state index in [4.69, 9.17) is 4.74 Å². The second-order valence-electron chi connectivity index (χ2n) is 4.61. The molecule has 1 aliphatic heterocycles. The van der Waals surface area contributed by atoms with E-state index in [1.54, 1.807) is 0 Å². The summed E-state index contributed by atoms with van der Waals surface area (Å²) < 4.78 is 7.35. The molecule has 5 nitrogen and oxygen atoms in total. The highest BCUT2D eigenvalue weighted by atomic mass is 16.5. The molecule has 1 fully saturated rings. The highest BCUT2D eigenvalue weighted by molar-refractivity contribution is 4.98. The number of ether oxygens (including phenoxy) is 1. The maximum Gasteiger partial charge on any atom is 0.0948 e. The van der Waals surface area contributed by atoms with E-state index in [0.717, 1.165) is 18.8 Å². The molecule has 0 bridgehead atoms. The van der Waals surface area contributed by atoms with Gasteiger partial charge in [-0.3, -0.25) is 0 Å². The van der Waals surface area contributed by atoms with Crippen LogP contribution in [0.1, 0.15) is 25.5 Å². The number of nitrogens with one attached hydrogen (secondary N) is 1. The molecule has 0 atom stereocenters. The first kappa shape index (κ1) is 12.5. The number of aliphatic hydroxyl groups is 1. The Hall–Kier alpha value is -0.910. The molecule has 0 aliphatic carbocycles. The Labute approximate surface area is 102 Å². The Balaban J connectivity index is 1.79. The lowest BCUT2D eigenvalue weighted by molar-refractivity contribution is -0.0617. The Kier molecular flexibility index (Phi) is 4.15. The van der Waals surface area contributed by atoms with Crippen molar-refractivity contribution in [2.45, 2.75) is 38.5 Å². The number of aryl methyl sites for hydroxylation is 1. The van der Waals surface area contributed by atoms with Gasteiger partial charge in [-0.2, -0.15) is 0 Å². The predicted octanol–water partition coefficient (Wildman–Crippen LogP) is 0.534. The second-order valence-corrected chi connectivity index (χ2v) is 4.61. The minimum atomic E-state index is -0.602. The highest BCUT2D eigenvalue weighted by Gasteiger charge is 2.29. The molecule has 96 valence electrons. The molecule has 17 heavy (non-hydrogen) atoms. The van der Waals surface area contributed by atoms with Gasteiger partial charge in [0, 0.05) is 51.9 Å². The second kappa shape index (κ2) is 5.62. The third-order valence-corrected chi connectivity index (χ3v) is 3.32. The molecule has 0 radical (unpaired) electrons. The lowest BCUT2D eigenvalue weighted by Gasteiger charge is -2.32. The molecular weight excluding hydrogens is 218 g/mol. The van der Waals surface area contributed by atoms with Crippen molar-refractivity contribution in [2.75, 3.05) is 19.8 Å². The maximum atomic E-state index is 10.3. The fraction of sp³-hybridized carbons (Fsp3) is 0.750. The van der Waals surface area contributed by atoms with Gasteiger partial charge in [0.2, 0.25) is 0 Å². The van der Waals surface area contributed by atoms with Crippen LogP contribution in [0.2, 0.25) is 0 Å². The van der Waals surface area contributed by atoms with Crippen molar-refractivity contribution in [1.29, 1.82) is 0 Å². The van der Waals surface area contributed by atoms with Gasteiger partial charge < -0.3 is 19.7 Å². The number of nitrogens with zero attached hydrogens (tertiary/aromatic N) is 2. The molecule has 1 aliphatic rings. The lowest BCUT2D eigenvalue weighted by Crippen LogP contribution is -2.44.